The number of ether oxygens (including phenoxy) is 2. The average Bonchev–Trinajstić information content (AvgIpc) is 2.73. The second-order valence-electron chi connectivity index (χ2n) is 6.71. The second-order valence-corrected chi connectivity index (χ2v) is 7.63. The van der Waals surface area contributed by atoms with Gasteiger partial charge in [0.25, 0.3) is 0 Å². The van der Waals surface area contributed by atoms with Gasteiger partial charge in [0, 0.05) is 38.7 Å². The van der Waals surface area contributed by atoms with Crippen LogP contribution in [0.5, 0.6) is 28.7 Å². The lowest BCUT2D eigenvalue weighted by molar-refractivity contribution is 0.327. The predicted octanol–water partition coefficient (Wildman–Crippen LogP) is 5.02. The van der Waals surface area contributed by atoms with Crippen molar-refractivity contribution in [1.29, 1.82) is 0 Å². The van der Waals surface area contributed by atoms with E-state index >= 15 is 0 Å². The van der Waals surface area contributed by atoms with Crippen molar-refractivity contribution in [2.24, 2.45) is 0 Å². The summed E-state index contributed by atoms with van der Waals surface area (Å²) in [4.78, 5) is 12.0. The minimum Gasteiger partial charge on any atom is -0.504 e. The van der Waals surface area contributed by atoms with E-state index in [1.54, 1.807) is 18.2 Å². The Kier molecular flexibility index (Phi) is 5.24. The minimum atomic E-state index is -0.612. The lowest BCUT2D eigenvalue weighted by Gasteiger charge is -2.20. The van der Waals surface area contributed by atoms with Crippen LogP contribution in [0, 0.1) is 0 Å². The number of phenols is 3. The number of halogens is 1. The fraction of sp³-hybridized carbons (Fsp3) is 0.0870. The molecule has 0 spiro atoms. The van der Waals surface area contributed by atoms with E-state index in [4.69, 9.17) is 13.9 Å². The minimum absolute atomic E-state index is 0.184. The summed E-state index contributed by atoms with van der Waals surface area (Å²) >= 11 is 3.47. The van der Waals surface area contributed by atoms with Crippen LogP contribution in [0.25, 0.3) is 33.4 Å². The Balaban J connectivity index is 2.22. The Morgan fingerprint density at radius 1 is 1.03 bits per heavy atom. The third-order valence-electron chi connectivity index (χ3n) is 4.75. The summed E-state index contributed by atoms with van der Waals surface area (Å²) in [6.45, 7) is 3.87. The Morgan fingerprint density at radius 3 is 2.48 bits per heavy atom. The third kappa shape index (κ3) is 3.55. The van der Waals surface area contributed by atoms with Gasteiger partial charge in [0.2, 0.25) is 5.43 Å². The maximum absolute atomic E-state index is 12.0. The Labute approximate surface area is 184 Å². The van der Waals surface area contributed by atoms with Crippen LogP contribution in [0.1, 0.15) is 0 Å². The van der Waals surface area contributed by atoms with Crippen LogP contribution in [0.15, 0.2) is 62.7 Å². The van der Waals surface area contributed by atoms with Crippen molar-refractivity contribution in [2.45, 2.75) is 0 Å². The first-order valence-electron chi connectivity index (χ1n) is 9.11. The molecule has 0 atom stereocenters. The lowest BCUT2D eigenvalue weighted by Crippen LogP contribution is -2.03. The van der Waals surface area contributed by atoms with Crippen LogP contribution in [-0.4, -0.2) is 29.0 Å². The SMILES string of the molecule is C=CCOc1c(OC)cc(Br)cc1-c1c2cc(O)c(=O)cc-2oc2cc(O)c(O)cc12. The molecule has 158 valence electrons. The van der Waals surface area contributed by atoms with Gasteiger partial charge < -0.3 is 29.2 Å². The predicted molar refractivity (Wildman–Crippen MR) is 119 cm³/mol. The molecule has 0 radical (unpaired) electrons. The number of benzene rings is 3. The zero-order valence-electron chi connectivity index (χ0n) is 16.3. The molecule has 1 aliphatic carbocycles. The number of phenolic OH excluding ortho intramolecular Hbond substituents is 3. The summed E-state index contributed by atoms with van der Waals surface area (Å²) in [7, 11) is 1.50. The normalized spacial score (nSPS) is 11.0. The van der Waals surface area contributed by atoms with E-state index in [1.165, 1.54) is 25.3 Å². The molecule has 2 aliphatic rings. The standard InChI is InChI=1S/C23H17BrO7/c1-3-4-30-23-14(5-11(24)6-21(23)29-2)22-12-7-15(25)17(27)9-19(12)31-20-10-18(28)16(26)8-13(20)22/h3,5-10,25-27H,1,4H2,2H3. The fourth-order valence-electron chi connectivity index (χ4n) is 3.42. The number of rotatable bonds is 5. The smallest absolute Gasteiger partial charge is 0.223 e. The van der Waals surface area contributed by atoms with Gasteiger partial charge in [0.15, 0.2) is 28.7 Å². The van der Waals surface area contributed by atoms with Crippen LogP contribution >= 0.6 is 15.9 Å². The molecule has 2 aromatic rings. The van der Waals surface area contributed by atoms with Gasteiger partial charge in [-0.2, -0.15) is 0 Å². The molecule has 0 fully saturated rings. The molecule has 31 heavy (non-hydrogen) atoms. The summed E-state index contributed by atoms with van der Waals surface area (Å²) in [6, 6.07) is 8.57. The van der Waals surface area contributed by atoms with Crippen molar-refractivity contribution in [3.8, 4) is 51.2 Å². The van der Waals surface area contributed by atoms with Crippen molar-refractivity contribution in [1.82, 2.24) is 0 Å². The van der Waals surface area contributed by atoms with Crippen LogP contribution in [0.4, 0.5) is 0 Å². The molecule has 4 rings (SSSR count). The summed E-state index contributed by atoms with van der Waals surface area (Å²) in [5, 5.41) is 30.7. The highest BCUT2D eigenvalue weighted by molar-refractivity contribution is 9.10. The van der Waals surface area contributed by atoms with E-state index in [1.807, 2.05) is 0 Å². The van der Waals surface area contributed by atoms with Gasteiger partial charge in [-0.15, -0.1) is 0 Å². The molecule has 0 aromatic heterocycles. The zero-order valence-corrected chi connectivity index (χ0v) is 17.9. The van der Waals surface area contributed by atoms with Crippen molar-refractivity contribution in [3.63, 3.8) is 0 Å². The van der Waals surface area contributed by atoms with Gasteiger partial charge in [-0.25, -0.2) is 0 Å². The summed E-state index contributed by atoms with van der Waals surface area (Å²) in [5.74, 6) is -0.189. The van der Waals surface area contributed by atoms with Gasteiger partial charge >= 0.3 is 0 Å². The fourth-order valence-corrected chi connectivity index (χ4v) is 3.85. The van der Waals surface area contributed by atoms with Crippen molar-refractivity contribution < 1.29 is 29.2 Å². The highest BCUT2D eigenvalue weighted by Crippen LogP contribution is 2.49. The lowest BCUT2D eigenvalue weighted by atomic mass is 9.92. The molecular weight excluding hydrogens is 468 g/mol. The zero-order chi connectivity index (χ0) is 22.3. The summed E-state index contributed by atoms with van der Waals surface area (Å²) in [5.41, 5.74) is 1.05. The van der Waals surface area contributed by atoms with E-state index in [0.29, 0.717) is 38.0 Å². The molecule has 0 amide bonds. The van der Waals surface area contributed by atoms with E-state index < -0.39 is 11.2 Å². The number of hydrogen-bond donors (Lipinski definition) is 3. The summed E-state index contributed by atoms with van der Waals surface area (Å²) < 4.78 is 17.9. The molecule has 0 saturated heterocycles. The number of aromatic hydroxyl groups is 3. The van der Waals surface area contributed by atoms with Crippen LogP contribution in [0.3, 0.4) is 0 Å². The molecular formula is C23H17BrO7. The van der Waals surface area contributed by atoms with Crippen molar-refractivity contribution in [2.75, 3.05) is 13.7 Å². The van der Waals surface area contributed by atoms with E-state index in [2.05, 4.69) is 22.5 Å². The first-order valence-corrected chi connectivity index (χ1v) is 9.90. The third-order valence-corrected chi connectivity index (χ3v) is 5.21. The highest BCUT2D eigenvalue weighted by atomic mass is 79.9. The van der Waals surface area contributed by atoms with Crippen LogP contribution in [0.2, 0.25) is 0 Å². The maximum Gasteiger partial charge on any atom is 0.223 e. The number of hydrogen-bond acceptors (Lipinski definition) is 7. The van der Waals surface area contributed by atoms with Gasteiger partial charge in [-0.1, -0.05) is 28.6 Å². The van der Waals surface area contributed by atoms with E-state index in [9.17, 15) is 20.1 Å². The molecule has 1 heterocycles. The summed E-state index contributed by atoms with van der Waals surface area (Å²) in [6.07, 6.45) is 1.58. The van der Waals surface area contributed by atoms with Gasteiger partial charge in [-0.05, 0) is 24.3 Å². The highest BCUT2D eigenvalue weighted by Gasteiger charge is 2.25. The molecule has 3 N–H and O–H groups in total. The Bertz CT molecular complexity index is 1360. The Morgan fingerprint density at radius 2 is 1.77 bits per heavy atom. The van der Waals surface area contributed by atoms with E-state index in [0.717, 1.165) is 6.07 Å². The monoisotopic (exact) mass is 484 g/mol. The largest absolute Gasteiger partial charge is 0.504 e. The number of fused-ring (bicyclic) bond motifs is 2. The van der Waals surface area contributed by atoms with Crippen molar-refractivity contribution >= 4 is 26.9 Å². The van der Waals surface area contributed by atoms with Crippen LogP contribution < -0.4 is 14.9 Å². The number of methoxy groups -OCH3 is 1. The first kappa shape index (κ1) is 20.6. The molecule has 0 saturated carbocycles. The molecule has 1 aliphatic heterocycles. The molecule has 0 bridgehead atoms. The maximum atomic E-state index is 12.0. The quantitative estimate of drug-likeness (QED) is 0.207. The second kappa shape index (κ2) is 7.88. The Hall–Kier alpha value is -3.65. The molecule has 2 aromatic carbocycles. The molecule has 0 unspecified atom stereocenters. The first-order chi connectivity index (χ1) is 14.8. The van der Waals surface area contributed by atoms with E-state index in [-0.39, 0.29) is 29.4 Å². The molecule has 7 nitrogen and oxygen atoms in total. The van der Waals surface area contributed by atoms with Gasteiger partial charge in [-0.3, -0.25) is 4.79 Å². The van der Waals surface area contributed by atoms with Crippen molar-refractivity contribution in [3.05, 3.63) is 63.7 Å². The molecule has 8 heteroatoms. The average molecular weight is 485 g/mol. The topological polar surface area (TPSA) is 109 Å². The van der Waals surface area contributed by atoms with Gasteiger partial charge in [0.05, 0.1) is 7.11 Å². The van der Waals surface area contributed by atoms with Gasteiger partial charge in [0.1, 0.15) is 18.0 Å². The van der Waals surface area contributed by atoms with Crippen LogP contribution in [-0.2, 0) is 0 Å².